The van der Waals surface area contributed by atoms with Crippen LogP contribution in [-0.2, 0) is 4.79 Å². The van der Waals surface area contributed by atoms with Gasteiger partial charge >= 0.3 is 0 Å². The molecule has 1 N–H and O–H groups in total. The summed E-state index contributed by atoms with van der Waals surface area (Å²) in [6, 6.07) is 9.05. The summed E-state index contributed by atoms with van der Waals surface area (Å²) in [6.45, 7) is 1.89. The summed E-state index contributed by atoms with van der Waals surface area (Å²) in [5.74, 6) is 0.867. The van der Waals surface area contributed by atoms with E-state index < -0.39 is 0 Å². The average Bonchev–Trinajstić information content (AvgIpc) is 2.45. The highest BCUT2D eigenvalue weighted by molar-refractivity contribution is 7.99. The first kappa shape index (κ1) is 14.3. The third-order valence-electron chi connectivity index (χ3n) is 2.46. The number of carbonyl (C=O) groups is 1. The molecule has 1 aromatic carbocycles. The van der Waals surface area contributed by atoms with E-state index in [0.717, 1.165) is 5.69 Å². The number of thioether (sulfide) groups is 1. The van der Waals surface area contributed by atoms with Gasteiger partial charge in [-0.25, -0.2) is 9.97 Å². The van der Waals surface area contributed by atoms with Crippen molar-refractivity contribution in [3.8, 4) is 5.75 Å². The molecule has 0 atom stereocenters. The minimum atomic E-state index is -0.103. The van der Waals surface area contributed by atoms with Gasteiger partial charge in [0.2, 0.25) is 5.91 Å². The second-order valence-electron chi connectivity index (χ2n) is 4.05. The SMILES string of the molecule is COc1cccc(NC(=O)CSc2nccc(C)n2)c1. The Morgan fingerprint density at radius 2 is 2.25 bits per heavy atom. The maximum Gasteiger partial charge on any atom is 0.234 e. The number of hydrogen-bond donors (Lipinski definition) is 1. The Balaban J connectivity index is 1.89. The van der Waals surface area contributed by atoms with Crippen LogP contribution in [0.4, 0.5) is 5.69 Å². The molecule has 0 saturated heterocycles. The molecule has 0 fully saturated rings. The maximum absolute atomic E-state index is 11.8. The number of anilines is 1. The molecule has 1 amide bonds. The Hall–Kier alpha value is -2.08. The predicted molar refractivity (Wildman–Crippen MR) is 79.1 cm³/mol. The Kier molecular flexibility index (Phi) is 4.95. The summed E-state index contributed by atoms with van der Waals surface area (Å²) in [6.07, 6.45) is 1.69. The summed E-state index contributed by atoms with van der Waals surface area (Å²) in [5.41, 5.74) is 1.59. The monoisotopic (exact) mass is 289 g/mol. The van der Waals surface area contributed by atoms with Crippen LogP contribution in [-0.4, -0.2) is 28.7 Å². The van der Waals surface area contributed by atoms with Crippen molar-refractivity contribution in [3.05, 3.63) is 42.2 Å². The van der Waals surface area contributed by atoms with Crippen molar-refractivity contribution in [2.24, 2.45) is 0 Å². The molecular formula is C14H15N3O2S. The molecule has 6 heteroatoms. The molecule has 1 heterocycles. The molecule has 2 rings (SSSR count). The highest BCUT2D eigenvalue weighted by atomic mass is 32.2. The molecule has 0 saturated carbocycles. The van der Waals surface area contributed by atoms with E-state index in [2.05, 4.69) is 15.3 Å². The number of nitrogens with zero attached hydrogens (tertiary/aromatic N) is 2. The summed E-state index contributed by atoms with van der Waals surface area (Å²) >= 11 is 1.31. The van der Waals surface area contributed by atoms with E-state index >= 15 is 0 Å². The van der Waals surface area contributed by atoms with Gasteiger partial charge in [-0.1, -0.05) is 17.8 Å². The number of methoxy groups -OCH3 is 1. The predicted octanol–water partition coefficient (Wildman–Crippen LogP) is 2.52. The number of carbonyl (C=O) groups excluding carboxylic acids is 1. The summed E-state index contributed by atoms with van der Waals surface area (Å²) < 4.78 is 5.10. The van der Waals surface area contributed by atoms with E-state index in [1.54, 1.807) is 19.4 Å². The third-order valence-corrected chi connectivity index (χ3v) is 3.32. The minimum Gasteiger partial charge on any atom is -0.497 e. The van der Waals surface area contributed by atoms with Crippen molar-refractivity contribution in [3.63, 3.8) is 0 Å². The Bertz CT molecular complexity index is 604. The number of rotatable bonds is 5. The molecule has 0 unspecified atom stereocenters. The van der Waals surface area contributed by atoms with Crippen molar-refractivity contribution >= 4 is 23.4 Å². The number of ether oxygens (including phenoxy) is 1. The second-order valence-corrected chi connectivity index (χ2v) is 4.99. The molecule has 0 aliphatic heterocycles. The zero-order valence-electron chi connectivity index (χ0n) is 11.3. The van der Waals surface area contributed by atoms with Crippen LogP contribution in [0.25, 0.3) is 0 Å². The fraction of sp³-hybridized carbons (Fsp3) is 0.214. The van der Waals surface area contributed by atoms with Gasteiger partial charge in [-0.15, -0.1) is 0 Å². The Morgan fingerprint density at radius 1 is 1.40 bits per heavy atom. The maximum atomic E-state index is 11.8. The third kappa shape index (κ3) is 4.24. The molecular weight excluding hydrogens is 274 g/mol. The standard InChI is InChI=1S/C14H15N3O2S/c1-10-6-7-15-14(16-10)20-9-13(18)17-11-4-3-5-12(8-11)19-2/h3-8H,9H2,1-2H3,(H,17,18). The second kappa shape index (κ2) is 6.91. The van der Waals surface area contributed by atoms with E-state index in [1.165, 1.54) is 11.8 Å². The number of nitrogens with one attached hydrogen (secondary N) is 1. The first-order valence-corrected chi connectivity index (χ1v) is 7.02. The minimum absolute atomic E-state index is 0.103. The van der Waals surface area contributed by atoms with E-state index in [0.29, 0.717) is 16.6 Å². The topological polar surface area (TPSA) is 64.1 Å². The molecule has 2 aromatic rings. The number of amides is 1. The van der Waals surface area contributed by atoms with Gasteiger partial charge in [0.25, 0.3) is 0 Å². The highest BCUT2D eigenvalue weighted by Crippen LogP contribution is 2.18. The van der Waals surface area contributed by atoms with Gasteiger partial charge < -0.3 is 10.1 Å². The van der Waals surface area contributed by atoms with Crippen LogP contribution in [0.1, 0.15) is 5.69 Å². The van der Waals surface area contributed by atoms with Crippen LogP contribution in [0.2, 0.25) is 0 Å². The van der Waals surface area contributed by atoms with E-state index in [9.17, 15) is 4.79 Å². The van der Waals surface area contributed by atoms with E-state index in [-0.39, 0.29) is 11.7 Å². The summed E-state index contributed by atoms with van der Waals surface area (Å²) in [7, 11) is 1.59. The smallest absolute Gasteiger partial charge is 0.234 e. The van der Waals surface area contributed by atoms with E-state index in [4.69, 9.17) is 4.74 Å². The van der Waals surface area contributed by atoms with Crippen molar-refractivity contribution in [2.45, 2.75) is 12.1 Å². The Labute approximate surface area is 121 Å². The fourth-order valence-corrected chi connectivity index (χ4v) is 2.20. The number of hydrogen-bond acceptors (Lipinski definition) is 5. The van der Waals surface area contributed by atoms with Crippen LogP contribution >= 0.6 is 11.8 Å². The fourth-order valence-electron chi connectivity index (χ4n) is 1.52. The summed E-state index contributed by atoms with van der Waals surface area (Å²) in [4.78, 5) is 20.2. The zero-order chi connectivity index (χ0) is 14.4. The van der Waals surface area contributed by atoms with Gasteiger partial charge in [-0.2, -0.15) is 0 Å². The number of aryl methyl sites for hydroxylation is 1. The van der Waals surface area contributed by atoms with Crippen LogP contribution in [0, 0.1) is 6.92 Å². The molecule has 104 valence electrons. The number of benzene rings is 1. The van der Waals surface area contributed by atoms with Crippen LogP contribution < -0.4 is 10.1 Å². The molecule has 0 aliphatic carbocycles. The van der Waals surface area contributed by atoms with Crippen molar-refractivity contribution in [2.75, 3.05) is 18.2 Å². The Morgan fingerprint density at radius 3 is 3.00 bits per heavy atom. The lowest BCUT2D eigenvalue weighted by molar-refractivity contribution is -0.113. The van der Waals surface area contributed by atoms with E-state index in [1.807, 2.05) is 31.2 Å². The van der Waals surface area contributed by atoms with Crippen molar-refractivity contribution in [1.29, 1.82) is 0 Å². The molecule has 5 nitrogen and oxygen atoms in total. The van der Waals surface area contributed by atoms with Crippen LogP contribution in [0.5, 0.6) is 5.75 Å². The lowest BCUT2D eigenvalue weighted by atomic mass is 10.3. The van der Waals surface area contributed by atoms with Gasteiger partial charge in [-0.05, 0) is 25.1 Å². The quantitative estimate of drug-likeness (QED) is 0.677. The van der Waals surface area contributed by atoms with Gasteiger partial charge in [0, 0.05) is 23.6 Å². The van der Waals surface area contributed by atoms with Crippen LogP contribution in [0.3, 0.4) is 0 Å². The lowest BCUT2D eigenvalue weighted by Gasteiger charge is -2.06. The van der Waals surface area contributed by atoms with Crippen molar-refractivity contribution in [1.82, 2.24) is 9.97 Å². The summed E-state index contributed by atoms with van der Waals surface area (Å²) in [5, 5.41) is 3.41. The van der Waals surface area contributed by atoms with Gasteiger partial charge in [-0.3, -0.25) is 4.79 Å². The lowest BCUT2D eigenvalue weighted by Crippen LogP contribution is -2.14. The molecule has 20 heavy (non-hydrogen) atoms. The van der Waals surface area contributed by atoms with Crippen LogP contribution in [0.15, 0.2) is 41.7 Å². The number of aromatic nitrogens is 2. The highest BCUT2D eigenvalue weighted by Gasteiger charge is 2.06. The first-order valence-electron chi connectivity index (χ1n) is 6.04. The molecule has 0 radical (unpaired) electrons. The van der Waals surface area contributed by atoms with Crippen molar-refractivity contribution < 1.29 is 9.53 Å². The normalized spacial score (nSPS) is 10.1. The van der Waals surface area contributed by atoms with Gasteiger partial charge in [0.1, 0.15) is 5.75 Å². The first-order chi connectivity index (χ1) is 9.67. The largest absolute Gasteiger partial charge is 0.497 e. The molecule has 0 aliphatic rings. The van der Waals surface area contributed by atoms with Gasteiger partial charge in [0.15, 0.2) is 5.16 Å². The molecule has 0 spiro atoms. The molecule has 0 bridgehead atoms. The zero-order valence-corrected chi connectivity index (χ0v) is 12.1. The van der Waals surface area contributed by atoms with Gasteiger partial charge in [0.05, 0.1) is 12.9 Å². The average molecular weight is 289 g/mol. The molecule has 1 aromatic heterocycles.